The monoisotopic (exact) mass is 537 g/mol. The first-order valence-electron chi connectivity index (χ1n) is 13.4. The van der Waals surface area contributed by atoms with Crippen LogP contribution in [0.15, 0.2) is 182 Å². The van der Waals surface area contributed by atoms with Gasteiger partial charge in [0.25, 0.3) is 0 Å². The van der Waals surface area contributed by atoms with E-state index >= 15 is 0 Å². The minimum atomic E-state index is -2.24. The van der Waals surface area contributed by atoms with Gasteiger partial charge in [-0.25, -0.2) is 0 Å². The molecular weight excluding hydrogens is 506 g/mol. The zero-order valence-corrected chi connectivity index (χ0v) is 23.6. The largest absolute Gasteiger partial charge is 0.135 e. The molecule has 0 aliphatic rings. The second-order valence-corrected chi connectivity index (χ2v) is 15.8. The molecule has 0 saturated carbocycles. The van der Waals surface area contributed by atoms with Gasteiger partial charge in [-0.2, -0.15) is 0 Å². The second kappa shape index (κ2) is 11.9. The Morgan fingerprint density at radius 1 is 0.333 bits per heavy atom. The molecule has 6 aromatic rings. The Balaban J connectivity index is 1.79. The second-order valence-electron chi connectivity index (χ2n) is 9.55. The van der Waals surface area contributed by atoms with Gasteiger partial charge in [-0.05, 0) is 52.6 Å². The summed E-state index contributed by atoms with van der Waals surface area (Å²) in [4.78, 5) is 0. The van der Waals surface area contributed by atoms with E-state index in [0.29, 0.717) is 0 Å². The summed E-state index contributed by atoms with van der Waals surface area (Å²) >= 11 is 0. The molecule has 0 amide bonds. The van der Waals surface area contributed by atoms with Crippen LogP contribution in [0.2, 0.25) is 0 Å². The first-order valence-corrected chi connectivity index (χ1v) is 16.7. The van der Waals surface area contributed by atoms with Crippen molar-refractivity contribution in [1.29, 1.82) is 0 Å². The van der Waals surface area contributed by atoms with Crippen molar-refractivity contribution in [3.63, 3.8) is 0 Å². The number of hydrogen-bond acceptors (Lipinski definition) is 0. The SMILES string of the molecule is c1ccc(C(P(c2ccccc2)c2ccccc2)[P+](c2ccccc2)(c2ccccc2)c2ccccc2)cc1. The minimum absolute atomic E-state index is 0.228. The molecule has 0 heterocycles. The topological polar surface area (TPSA) is 0 Å². The lowest BCUT2D eigenvalue weighted by Gasteiger charge is -2.39. The molecular formula is C37H31P2+. The molecule has 1 atom stereocenters. The molecule has 0 nitrogen and oxygen atoms in total. The fourth-order valence-electron chi connectivity index (χ4n) is 5.64. The van der Waals surface area contributed by atoms with E-state index in [1.54, 1.807) is 0 Å². The van der Waals surface area contributed by atoms with Gasteiger partial charge >= 0.3 is 0 Å². The van der Waals surface area contributed by atoms with Gasteiger partial charge < -0.3 is 0 Å². The van der Waals surface area contributed by atoms with Crippen LogP contribution >= 0.6 is 15.2 Å². The Morgan fingerprint density at radius 2 is 0.615 bits per heavy atom. The van der Waals surface area contributed by atoms with Gasteiger partial charge in [-0.15, -0.1) is 0 Å². The summed E-state index contributed by atoms with van der Waals surface area (Å²) in [5, 5.41) is 7.27. The van der Waals surface area contributed by atoms with Crippen molar-refractivity contribution in [3.8, 4) is 0 Å². The predicted molar refractivity (Wildman–Crippen MR) is 173 cm³/mol. The molecule has 0 fully saturated rings. The Labute approximate surface area is 234 Å². The van der Waals surface area contributed by atoms with Crippen LogP contribution in [0, 0.1) is 0 Å². The average Bonchev–Trinajstić information content (AvgIpc) is 3.04. The van der Waals surface area contributed by atoms with Crippen LogP contribution in [0.1, 0.15) is 11.0 Å². The highest BCUT2D eigenvalue weighted by molar-refractivity contribution is 8.03. The molecule has 0 spiro atoms. The summed E-state index contributed by atoms with van der Waals surface area (Å²) in [7, 11) is -3.04. The number of hydrogen-bond donors (Lipinski definition) is 0. The molecule has 2 heteroatoms. The molecule has 1 unspecified atom stereocenters. The first-order chi connectivity index (χ1) is 19.4. The van der Waals surface area contributed by atoms with Gasteiger partial charge in [0.15, 0.2) is 0 Å². The standard InChI is InChI=1S/C37H31P2/c1-7-19-31(20-8-1)37(38(32-21-9-2-10-22-32)33-23-11-3-12-24-33)39(34-25-13-4-14-26-34,35-27-15-5-16-28-35)36-29-17-6-18-30-36/h1-30,37H/q+1. The van der Waals surface area contributed by atoms with Gasteiger partial charge in [0.05, 0.1) is 0 Å². The molecule has 39 heavy (non-hydrogen) atoms. The van der Waals surface area contributed by atoms with Crippen LogP contribution < -0.4 is 26.5 Å². The lowest BCUT2D eigenvalue weighted by molar-refractivity contribution is 1.34. The highest BCUT2D eigenvalue weighted by atomic mass is 31.2. The van der Waals surface area contributed by atoms with E-state index in [-0.39, 0.29) is 5.40 Å². The van der Waals surface area contributed by atoms with E-state index in [0.717, 1.165) is 0 Å². The maximum atomic E-state index is 2.37. The van der Waals surface area contributed by atoms with Crippen molar-refractivity contribution in [1.82, 2.24) is 0 Å². The summed E-state index contributed by atoms with van der Waals surface area (Å²) in [6, 6.07) is 67.6. The van der Waals surface area contributed by atoms with Crippen molar-refractivity contribution in [3.05, 3.63) is 188 Å². The Hall–Kier alpha value is -3.82. The van der Waals surface area contributed by atoms with E-state index in [4.69, 9.17) is 0 Å². The van der Waals surface area contributed by atoms with Crippen LogP contribution in [-0.4, -0.2) is 0 Å². The normalized spacial score (nSPS) is 12.2. The van der Waals surface area contributed by atoms with E-state index in [2.05, 4.69) is 182 Å². The third-order valence-corrected chi connectivity index (χ3v) is 15.9. The molecule has 0 aliphatic heterocycles. The van der Waals surface area contributed by atoms with Gasteiger partial charge in [-0.1, -0.05) is 146 Å². The predicted octanol–water partition coefficient (Wildman–Crippen LogP) is 7.81. The summed E-state index contributed by atoms with van der Waals surface area (Å²) in [5.41, 5.74) is 1.39. The zero-order chi connectivity index (χ0) is 26.3. The van der Waals surface area contributed by atoms with Crippen LogP contribution in [0.4, 0.5) is 0 Å². The van der Waals surface area contributed by atoms with Gasteiger partial charge in [0.1, 0.15) is 28.6 Å². The van der Waals surface area contributed by atoms with Gasteiger partial charge in [-0.3, -0.25) is 0 Å². The van der Waals surface area contributed by atoms with Crippen LogP contribution in [0.3, 0.4) is 0 Å². The zero-order valence-electron chi connectivity index (χ0n) is 21.8. The molecule has 0 aromatic heterocycles. The molecule has 0 bridgehead atoms. The molecule has 6 aromatic carbocycles. The van der Waals surface area contributed by atoms with Crippen molar-refractivity contribution < 1.29 is 0 Å². The van der Waals surface area contributed by atoms with Crippen molar-refractivity contribution >= 4 is 41.7 Å². The van der Waals surface area contributed by atoms with Crippen LogP contribution in [-0.2, 0) is 0 Å². The number of benzene rings is 6. The van der Waals surface area contributed by atoms with Crippen molar-refractivity contribution in [2.24, 2.45) is 0 Å². The molecule has 0 N–H and O–H groups in total. The summed E-state index contributed by atoms with van der Waals surface area (Å²) < 4.78 is 0. The average molecular weight is 538 g/mol. The lowest BCUT2D eigenvalue weighted by atomic mass is 10.2. The Morgan fingerprint density at radius 3 is 0.949 bits per heavy atom. The van der Waals surface area contributed by atoms with E-state index in [1.807, 2.05) is 0 Å². The summed E-state index contributed by atoms with van der Waals surface area (Å²) in [6.07, 6.45) is 0. The summed E-state index contributed by atoms with van der Waals surface area (Å²) in [5.74, 6) is 0. The Kier molecular flexibility index (Phi) is 7.78. The highest BCUT2D eigenvalue weighted by Gasteiger charge is 2.56. The smallest absolute Gasteiger partial charge is 0.0622 e. The maximum absolute atomic E-state index is 2.37. The van der Waals surface area contributed by atoms with Crippen molar-refractivity contribution in [2.45, 2.75) is 5.40 Å². The Bertz CT molecular complexity index is 1430. The van der Waals surface area contributed by atoms with Crippen LogP contribution in [0.5, 0.6) is 0 Å². The molecule has 6 rings (SSSR count). The molecule has 0 saturated heterocycles. The van der Waals surface area contributed by atoms with E-state index < -0.39 is 15.2 Å². The molecule has 0 radical (unpaired) electrons. The molecule has 0 aliphatic carbocycles. The number of rotatable bonds is 8. The maximum Gasteiger partial charge on any atom is 0.135 e. The van der Waals surface area contributed by atoms with E-state index in [1.165, 1.54) is 32.1 Å². The lowest BCUT2D eigenvalue weighted by Crippen LogP contribution is -2.36. The quantitative estimate of drug-likeness (QED) is 0.174. The molecule has 188 valence electrons. The highest BCUT2D eigenvalue weighted by Crippen LogP contribution is 2.76. The minimum Gasteiger partial charge on any atom is -0.0622 e. The van der Waals surface area contributed by atoms with E-state index in [9.17, 15) is 0 Å². The first kappa shape index (κ1) is 25.5. The summed E-state index contributed by atoms with van der Waals surface area (Å²) in [6.45, 7) is 0. The fourth-order valence-corrected chi connectivity index (χ4v) is 15.6. The van der Waals surface area contributed by atoms with Gasteiger partial charge in [0.2, 0.25) is 0 Å². The third kappa shape index (κ3) is 4.99. The van der Waals surface area contributed by atoms with Crippen LogP contribution in [0.25, 0.3) is 0 Å². The van der Waals surface area contributed by atoms with Gasteiger partial charge in [0, 0.05) is 7.92 Å². The van der Waals surface area contributed by atoms with Crippen molar-refractivity contribution in [2.75, 3.05) is 0 Å². The third-order valence-electron chi connectivity index (χ3n) is 7.27. The fraction of sp³-hybridized carbons (Fsp3) is 0.0270.